The Bertz CT molecular complexity index is 106. The van der Waals surface area contributed by atoms with Crippen molar-refractivity contribution in [2.75, 3.05) is 17.6 Å². The maximum atomic E-state index is 5.10. The highest BCUT2D eigenvalue weighted by molar-refractivity contribution is 6.58. The fourth-order valence-corrected chi connectivity index (χ4v) is 0. The smallest absolute Gasteiger partial charge is 0.121 e. The second kappa shape index (κ2) is 20.5. The quantitative estimate of drug-likeness (QED) is 0.528. The Kier molecular flexibility index (Phi) is 31.2. The van der Waals surface area contributed by atoms with Crippen molar-refractivity contribution >= 4 is 92.8 Å². The average Bonchev–Trinajstić information content (AvgIpc) is 2.19. The second-order valence-electron chi connectivity index (χ2n) is 1.32. The summed E-state index contributed by atoms with van der Waals surface area (Å²) < 4.78 is 0.0895. The third-order valence-electron chi connectivity index (χ3n) is 0.271. The van der Waals surface area contributed by atoms with Crippen LogP contribution < -0.4 is 0 Å². The molecular weight excluding hydrogens is 356 g/mol. The van der Waals surface area contributed by atoms with Gasteiger partial charge >= 0.3 is 0 Å². The second-order valence-corrected chi connectivity index (χ2v) is 4.89. The zero-order valence-electron chi connectivity index (χ0n) is 6.80. The van der Waals surface area contributed by atoms with E-state index in [-0.39, 0.29) is 4.49 Å². The van der Waals surface area contributed by atoms with Gasteiger partial charge in [0.15, 0.2) is 0 Å². The Balaban J connectivity index is -0.000000131. The van der Waals surface area contributed by atoms with Gasteiger partial charge < -0.3 is 0 Å². The first-order valence-electron chi connectivity index (χ1n) is 3.03. The van der Waals surface area contributed by atoms with Crippen LogP contribution in [0, 0.1) is 0 Å². The molecular formula is C6H8Cl8. The molecule has 8 heteroatoms. The van der Waals surface area contributed by atoms with Gasteiger partial charge in [-0.25, -0.2) is 0 Å². The number of halogens is 8. The third kappa shape index (κ3) is 48.1. The molecule has 0 atom stereocenters. The van der Waals surface area contributed by atoms with Gasteiger partial charge in [-0.05, 0) is 0 Å². The Morgan fingerprint density at radius 1 is 1.00 bits per heavy atom. The van der Waals surface area contributed by atoms with E-state index in [1.54, 1.807) is 0 Å². The Morgan fingerprint density at radius 3 is 1.21 bits per heavy atom. The highest BCUT2D eigenvalue weighted by atomic mass is 35.5. The molecule has 0 saturated carbocycles. The zero-order chi connectivity index (χ0) is 12.0. The summed E-state index contributed by atoms with van der Waals surface area (Å²) in [6.45, 7) is 0. The van der Waals surface area contributed by atoms with E-state index < -0.39 is 4.84 Å². The predicted molar refractivity (Wildman–Crippen MR) is 73.3 cm³/mol. The van der Waals surface area contributed by atoms with Crippen LogP contribution in [0.2, 0.25) is 0 Å². The highest BCUT2D eigenvalue weighted by Crippen LogP contribution is 2.05. The molecule has 0 unspecified atom stereocenters. The molecule has 0 N–H and O–H groups in total. The van der Waals surface area contributed by atoms with Crippen molar-refractivity contribution in [3.63, 3.8) is 0 Å². The molecule has 0 aromatic heterocycles. The van der Waals surface area contributed by atoms with Crippen molar-refractivity contribution < 1.29 is 0 Å². The summed E-state index contributed by atoms with van der Waals surface area (Å²) >= 11 is 40.2. The minimum atomic E-state index is -0.406. The topological polar surface area (TPSA) is 0 Å². The minimum Gasteiger partial charge on any atom is -0.125 e. The summed E-state index contributed by atoms with van der Waals surface area (Å²) in [6.07, 6.45) is 0. The van der Waals surface area contributed by atoms with E-state index in [9.17, 15) is 0 Å². The van der Waals surface area contributed by atoms with Crippen LogP contribution >= 0.6 is 92.8 Å². The van der Waals surface area contributed by atoms with Gasteiger partial charge in [0.25, 0.3) is 0 Å². The lowest BCUT2D eigenvalue weighted by atomic mass is 10.9. The van der Waals surface area contributed by atoms with Crippen molar-refractivity contribution in [3.8, 4) is 0 Å². The van der Waals surface area contributed by atoms with Crippen LogP contribution in [0.4, 0.5) is 0 Å². The molecule has 14 heavy (non-hydrogen) atoms. The molecule has 0 aromatic carbocycles. The molecule has 0 radical (unpaired) electrons. The Labute approximate surface area is 124 Å². The van der Waals surface area contributed by atoms with Crippen LogP contribution in [0.5, 0.6) is 0 Å². The number of alkyl halides is 5. The van der Waals surface area contributed by atoms with Crippen LogP contribution in [-0.4, -0.2) is 22.5 Å². The predicted octanol–water partition coefficient (Wildman–Crippen LogP) is 5.99. The van der Waals surface area contributed by atoms with E-state index >= 15 is 0 Å². The van der Waals surface area contributed by atoms with Gasteiger partial charge in [0.1, 0.15) is 9.33 Å². The van der Waals surface area contributed by atoms with E-state index in [2.05, 4.69) is 0 Å². The lowest BCUT2D eigenvalue weighted by Gasteiger charge is -1.82. The highest BCUT2D eigenvalue weighted by Gasteiger charge is 1.88. The van der Waals surface area contributed by atoms with Gasteiger partial charge in [0.2, 0.25) is 0 Å². The summed E-state index contributed by atoms with van der Waals surface area (Å²) in [5.74, 6) is 1.42. The summed E-state index contributed by atoms with van der Waals surface area (Å²) in [7, 11) is 0. The summed E-state index contributed by atoms with van der Waals surface area (Å²) in [5.41, 5.74) is 1.09. The normalized spacial score (nSPS) is 8.07. The first-order chi connectivity index (χ1) is 6.45. The van der Waals surface area contributed by atoms with Crippen LogP contribution in [0.3, 0.4) is 0 Å². The largest absolute Gasteiger partial charge is 0.125 e. The van der Waals surface area contributed by atoms with Gasteiger partial charge in [-0.1, -0.05) is 34.8 Å². The van der Waals surface area contributed by atoms with Crippen molar-refractivity contribution in [2.24, 2.45) is 0 Å². The molecule has 0 aliphatic rings. The van der Waals surface area contributed by atoms with E-state index in [0.717, 1.165) is 5.54 Å². The van der Waals surface area contributed by atoms with E-state index in [1.165, 1.54) is 0 Å². The lowest BCUT2D eigenvalue weighted by Crippen LogP contribution is -1.82. The SMILES string of the molecule is ClC=C(Cl)Cl.ClCC(Cl)Cl.ClCCCl. The molecule has 0 spiro atoms. The monoisotopic (exact) mass is 360 g/mol. The van der Waals surface area contributed by atoms with Gasteiger partial charge in [-0.2, -0.15) is 0 Å². The number of rotatable bonds is 2. The number of hydrogen-bond donors (Lipinski definition) is 0. The van der Waals surface area contributed by atoms with Crippen molar-refractivity contribution in [1.29, 1.82) is 0 Å². The molecule has 0 saturated heterocycles. The summed E-state index contributed by atoms with van der Waals surface area (Å²) in [5, 5.41) is 0. The Morgan fingerprint density at radius 2 is 1.21 bits per heavy atom. The minimum absolute atomic E-state index is 0.0895. The molecule has 0 nitrogen and oxygen atoms in total. The zero-order valence-corrected chi connectivity index (χ0v) is 12.8. The third-order valence-corrected chi connectivity index (χ3v) is 2.43. The van der Waals surface area contributed by atoms with Gasteiger partial charge in [0.05, 0.1) is 5.88 Å². The maximum absolute atomic E-state index is 5.10. The molecule has 0 aliphatic heterocycles. The molecule has 0 fully saturated rings. The number of hydrogen-bond acceptors (Lipinski definition) is 0. The van der Waals surface area contributed by atoms with Crippen molar-refractivity contribution in [2.45, 2.75) is 4.84 Å². The molecule has 0 heterocycles. The van der Waals surface area contributed by atoms with Crippen LogP contribution in [0.1, 0.15) is 0 Å². The first kappa shape index (κ1) is 21.4. The van der Waals surface area contributed by atoms with Crippen molar-refractivity contribution in [3.05, 3.63) is 10.0 Å². The van der Waals surface area contributed by atoms with E-state index in [0.29, 0.717) is 17.6 Å². The summed E-state index contributed by atoms with van der Waals surface area (Å²) in [4.78, 5) is -0.406. The molecule has 0 bridgehead atoms. The van der Waals surface area contributed by atoms with Crippen LogP contribution in [-0.2, 0) is 0 Å². The average molecular weight is 364 g/mol. The summed E-state index contributed by atoms with van der Waals surface area (Å²) in [6, 6.07) is 0. The van der Waals surface area contributed by atoms with Gasteiger partial charge in [-0.3, -0.25) is 0 Å². The van der Waals surface area contributed by atoms with E-state index in [1.807, 2.05) is 0 Å². The fraction of sp³-hybridized carbons (Fsp3) is 0.667. The fourth-order valence-electron chi connectivity index (χ4n) is 0. The molecule has 0 aliphatic carbocycles. The van der Waals surface area contributed by atoms with Crippen molar-refractivity contribution in [1.82, 2.24) is 0 Å². The van der Waals surface area contributed by atoms with E-state index in [4.69, 9.17) is 92.8 Å². The van der Waals surface area contributed by atoms with Crippen LogP contribution in [0.15, 0.2) is 10.0 Å². The Hall–Kier alpha value is 2.06. The maximum Gasteiger partial charge on any atom is 0.121 e. The molecule has 88 valence electrons. The first-order valence-corrected chi connectivity index (χ1v) is 6.70. The standard InChI is InChI=1S/C2H3Cl3.C2HCl3.C2H4Cl2/c2*3-1-2(4)5;3-1-2-4/h2H,1H2;1H;1-2H2. The lowest BCUT2D eigenvalue weighted by molar-refractivity contribution is 1.40. The molecule has 0 amide bonds. The van der Waals surface area contributed by atoms with Crippen LogP contribution in [0.25, 0.3) is 0 Å². The molecule has 0 rings (SSSR count). The van der Waals surface area contributed by atoms with Gasteiger partial charge in [-0.15, -0.1) is 58.0 Å². The molecule has 0 aromatic rings. The van der Waals surface area contributed by atoms with Gasteiger partial charge in [0, 0.05) is 17.3 Å².